The van der Waals surface area contributed by atoms with Gasteiger partial charge in [0, 0.05) is 41.3 Å². The molecule has 30 heavy (non-hydrogen) atoms. The molecule has 1 unspecified atom stereocenters. The Labute approximate surface area is 184 Å². The van der Waals surface area contributed by atoms with Gasteiger partial charge in [-0.3, -0.25) is 19.8 Å². The van der Waals surface area contributed by atoms with Crippen molar-refractivity contribution in [3.05, 3.63) is 80.3 Å². The second-order valence-corrected chi connectivity index (χ2v) is 8.67. The van der Waals surface area contributed by atoms with Crippen molar-refractivity contribution in [2.45, 2.75) is 25.0 Å². The Hall–Kier alpha value is -2.25. The van der Waals surface area contributed by atoms with Crippen molar-refractivity contribution >= 4 is 34.2 Å². The van der Waals surface area contributed by atoms with Gasteiger partial charge in [0.15, 0.2) is 0 Å². The number of likely N-dealkylation sites (tertiary alicyclic amines) is 1. The van der Waals surface area contributed by atoms with Gasteiger partial charge < -0.3 is 4.98 Å². The maximum absolute atomic E-state index is 12.5. The molecule has 5 rings (SSSR count). The summed E-state index contributed by atoms with van der Waals surface area (Å²) in [5, 5.41) is 1.33. The zero-order valence-corrected chi connectivity index (χ0v) is 17.8. The summed E-state index contributed by atoms with van der Waals surface area (Å²) in [6.45, 7) is 2.60. The number of aromatic amines is 1. The molecule has 3 aromatic rings. The van der Waals surface area contributed by atoms with Crippen molar-refractivity contribution in [3.63, 3.8) is 0 Å². The number of halogens is 2. The van der Waals surface area contributed by atoms with Gasteiger partial charge in [-0.05, 0) is 43.2 Å². The van der Waals surface area contributed by atoms with Gasteiger partial charge in [0.25, 0.3) is 0 Å². The molecule has 0 aliphatic carbocycles. The molecule has 0 spiro atoms. The molecule has 1 aromatic heterocycles. The Morgan fingerprint density at radius 1 is 1.10 bits per heavy atom. The van der Waals surface area contributed by atoms with E-state index in [-0.39, 0.29) is 17.8 Å². The van der Waals surface area contributed by atoms with Crippen LogP contribution in [0, 0.1) is 0 Å². The van der Waals surface area contributed by atoms with E-state index in [1.165, 1.54) is 0 Å². The third-order valence-electron chi connectivity index (χ3n) is 5.88. The molecule has 156 valence electrons. The molecule has 8 heteroatoms. The number of aromatic nitrogens is 2. The fourth-order valence-electron chi connectivity index (χ4n) is 4.38. The van der Waals surface area contributed by atoms with E-state index in [0.717, 1.165) is 54.8 Å². The Balaban J connectivity index is 1.24. The molecule has 1 atom stereocenters. The summed E-state index contributed by atoms with van der Waals surface area (Å²) in [6, 6.07) is 13.5. The van der Waals surface area contributed by atoms with Crippen LogP contribution in [0.2, 0.25) is 10.0 Å². The van der Waals surface area contributed by atoms with E-state index in [2.05, 4.69) is 21.4 Å². The number of piperidine rings is 1. The highest BCUT2D eigenvalue weighted by atomic mass is 35.5. The fourth-order valence-corrected chi connectivity index (χ4v) is 4.79. The lowest BCUT2D eigenvalue weighted by molar-refractivity contribution is 0.0381. The standard InChI is InChI=1S/C22H22Cl2N4O2/c23-14-5-6-20-19(11-14)25-22(29)28(20)16-7-9-27(10-8-16)13-15-12-21(30-26-15)17-3-1-2-4-18(17)24/h1-6,11-12,16,21,26H,7-10,13H2,(H,25,29). The van der Waals surface area contributed by atoms with Crippen molar-refractivity contribution in [3.8, 4) is 0 Å². The van der Waals surface area contributed by atoms with Gasteiger partial charge in [-0.2, -0.15) is 0 Å². The third-order valence-corrected chi connectivity index (χ3v) is 6.46. The molecular formula is C22H22Cl2N4O2. The maximum Gasteiger partial charge on any atom is 0.326 e. The van der Waals surface area contributed by atoms with Gasteiger partial charge in [-0.25, -0.2) is 4.79 Å². The quantitative estimate of drug-likeness (QED) is 0.624. The minimum absolute atomic E-state index is 0.0677. The zero-order chi connectivity index (χ0) is 20.7. The Morgan fingerprint density at radius 2 is 1.90 bits per heavy atom. The van der Waals surface area contributed by atoms with Crippen LogP contribution in [0.15, 0.2) is 59.0 Å². The average molecular weight is 445 g/mol. The number of rotatable bonds is 4. The summed E-state index contributed by atoms with van der Waals surface area (Å²) in [4.78, 5) is 23.5. The summed E-state index contributed by atoms with van der Waals surface area (Å²) < 4.78 is 1.88. The molecule has 2 aromatic carbocycles. The van der Waals surface area contributed by atoms with Gasteiger partial charge in [0.1, 0.15) is 6.10 Å². The highest BCUT2D eigenvalue weighted by Gasteiger charge is 2.26. The summed E-state index contributed by atoms with van der Waals surface area (Å²) in [5.74, 6) is 0. The number of hydrogen-bond acceptors (Lipinski definition) is 4. The highest BCUT2D eigenvalue weighted by Crippen LogP contribution is 2.31. The largest absolute Gasteiger partial charge is 0.326 e. The zero-order valence-electron chi connectivity index (χ0n) is 16.3. The van der Waals surface area contributed by atoms with Gasteiger partial charge >= 0.3 is 5.69 Å². The van der Waals surface area contributed by atoms with E-state index in [4.69, 9.17) is 28.0 Å². The summed E-state index contributed by atoms with van der Waals surface area (Å²) in [6.07, 6.45) is 3.74. The molecule has 2 aliphatic heterocycles. The first-order valence-electron chi connectivity index (χ1n) is 10.1. The van der Waals surface area contributed by atoms with Crippen LogP contribution in [0.3, 0.4) is 0 Å². The van der Waals surface area contributed by atoms with E-state index in [0.29, 0.717) is 10.0 Å². The Kier molecular flexibility index (Phi) is 5.33. The van der Waals surface area contributed by atoms with E-state index < -0.39 is 0 Å². The van der Waals surface area contributed by atoms with E-state index in [1.807, 2.05) is 41.0 Å². The number of imidazole rings is 1. The molecule has 0 radical (unpaired) electrons. The number of hydroxylamine groups is 1. The van der Waals surface area contributed by atoms with Crippen molar-refractivity contribution in [2.24, 2.45) is 0 Å². The summed E-state index contributed by atoms with van der Waals surface area (Å²) >= 11 is 12.3. The number of fused-ring (bicyclic) bond motifs is 1. The second-order valence-electron chi connectivity index (χ2n) is 7.82. The lowest BCUT2D eigenvalue weighted by Crippen LogP contribution is -2.38. The molecule has 0 amide bonds. The van der Waals surface area contributed by atoms with Crippen LogP contribution >= 0.6 is 23.2 Å². The molecule has 1 saturated heterocycles. The molecule has 6 nitrogen and oxygen atoms in total. The predicted octanol–water partition coefficient (Wildman–Crippen LogP) is 4.43. The lowest BCUT2D eigenvalue weighted by atomic mass is 10.0. The van der Waals surface area contributed by atoms with E-state index in [9.17, 15) is 4.79 Å². The molecule has 1 fully saturated rings. The first-order chi connectivity index (χ1) is 14.6. The number of hydrogen-bond donors (Lipinski definition) is 2. The summed E-state index contributed by atoms with van der Waals surface area (Å²) in [5.41, 5.74) is 6.68. The normalized spacial score (nSPS) is 20.5. The maximum atomic E-state index is 12.5. The number of nitrogens with one attached hydrogen (secondary N) is 2. The van der Waals surface area contributed by atoms with Gasteiger partial charge in [-0.15, -0.1) is 0 Å². The first-order valence-corrected chi connectivity index (χ1v) is 10.8. The monoisotopic (exact) mass is 444 g/mol. The van der Waals surface area contributed by atoms with Crippen LogP contribution in [-0.2, 0) is 4.84 Å². The minimum Gasteiger partial charge on any atom is -0.305 e. The van der Waals surface area contributed by atoms with Crippen molar-refractivity contribution in [1.29, 1.82) is 0 Å². The lowest BCUT2D eigenvalue weighted by Gasteiger charge is -2.32. The van der Waals surface area contributed by atoms with Crippen molar-refractivity contribution < 1.29 is 4.84 Å². The number of benzene rings is 2. The Morgan fingerprint density at radius 3 is 2.70 bits per heavy atom. The van der Waals surface area contributed by atoms with Crippen molar-refractivity contribution in [2.75, 3.05) is 19.6 Å². The highest BCUT2D eigenvalue weighted by molar-refractivity contribution is 6.31. The topological polar surface area (TPSA) is 62.3 Å². The molecule has 3 heterocycles. The minimum atomic E-state index is -0.178. The number of nitrogens with zero attached hydrogens (tertiary/aromatic N) is 2. The fraction of sp³-hybridized carbons (Fsp3) is 0.318. The molecule has 2 aliphatic rings. The first kappa shape index (κ1) is 19.7. The van der Waals surface area contributed by atoms with E-state index in [1.54, 1.807) is 6.07 Å². The molecular weight excluding hydrogens is 423 g/mol. The van der Waals surface area contributed by atoms with Gasteiger partial charge in [0.2, 0.25) is 0 Å². The van der Waals surface area contributed by atoms with Crippen LogP contribution in [0.1, 0.15) is 30.6 Å². The van der Waals surface area contributed by atoms with Crippen LogP contribution in [0.5, 0.6) is 0 Å². The smallest absolute Gasteiger partial charge is 0.305 e. The van der Waals surface area contributed by atoms with Crippen LogP contribution < -0.4 is 11.2 Å². The van der Waals surface area contributed by atoms with Gasteiger partial charge in [0.05, 0.1) is 16.7 Å². The average Bonchev–Trinajstić information content (AvgIpc) is 3.32. The SMILES string of the molecule is O=c1[nH]c2cc(Cl)ccc2n1C1CCN(CC2=CC(c3ccccc3Cl)ON2)CC1. The van der Waals surface area contributed by atoms with E-state index >= 15 is 0 Å². The predicted molar refractivity (Wildman–Crippen MR) is 119 cm³/mol. The Bertz CT molecular complexity index is 1160. The molecule has 0 saturated carbocycles. The third kappa shape index (κ3) is 3.76. The van der Waals surface area contributed by atoms with Crippen LogP contribution in [0.4, 0.5) is 0 Å². The summed E-state index contributed by atoms with van der Waals surface area (Å²) in [7, 11) is 0. The molecule has 2 N–H and O–H groups in total. The van der Waals surface area contributed by atoms with Crippen LogP contribution in [-0.4, -0.2) is 34.1 Å². The second kappa shape index (κ2) is 8.12. The molecule has 0 bridgehead atoms. The van der Waals surface area contributed by atoms with Gasteiger partial charge in [-0.1, -0.05) is 41.4 Å². The number of H-pyrrole nitrogens is 1. The van der Waals surface area contributed by atoms with Crippen molar-refractivity contribution in [1.82, 2.24) is 19.9 Å². The van der Waals surface area contributed by atoms with Crippen LogP contribution in [0.25, 0.3) is 11.0 Å².